The summed E-state index contributed by atoms with van der Waals surface area (Å²) in [4.78, 5) is 22.2. The molecular weight excluding hydrogens is 485 g/mol. The van der Waals surface area contributed by atoms with Crippen molar-refractivity contribution in [3.05, 3.63) is 99.4 Å². The summed E-state index contributed by atoms with van der Waals surface area (Å²) >= 11 is 12.3. The number of nitrogens with one attached hydrogen (secondary N) is 2. The van der Waals surface area contributed by atoms with Crippen LogP contribution in [0, 0.1) is 11.3 Å². The fourth-order valence-corrected chi connectivity index (χ4v) is 4.18. The molecule has 3 heterocycles. The maximum atomic E-state index is 13.5. The summed E-state index contributed by atoms with van der Waals surface area (Å²) in [6.07, 6.45) is 3.21. The van der Waals surface area contributed by atoms with Crippen molar-refractivity contribution in [1.29, 1.82) is 5.26 Å². The van der Waals surface area contributed by atoms with E-state index in [0.29, 0.717) is 49.9 Å². The van der Waals surface area contributed by atoms with E-state index in [1.807, 2.05) is 19.1 Å². The zero-order valence-electron chi connectivity index (χ0n) is 18.3. The lowest BCUT2D eigenvalue weighted by molar-refractivity contribution is -0.113. The van der Waals surface area contributed by atoms with Crippen LogP contribution < -0.4 is 10.6 Å². The zero-order valence-corrected chi connectivity index (χ0v) is 19.8. The number of pyridine rings is 1. The summed E-state index contributed by atoms with van der Waals surface area (Å²) in [6.45, 7) is 1.81. The summed E-state index contributed by atoms with van der Waals surface area (Å²) in [7, 11) is 0. The Bertz CT molecular complexity index is 1510. The lowest BCUT2D eigenvalue weighted by Crippen LogP contribution is -2.31. The molecule has 8 nitrogen and oxygen atoms in total. The van der Waals surface area contributed by atoms with E-state index >= 15 is 0 Å². The van der Waals surface area contributed by atoms with Crippen LogP contribution in [-0.2, 0) is 4.79 Å². The molecule has 5 rings (SSSR count). The van der Waals surface area contributed by atoms with Crippen molar-refractivity contribution in [3.63, 3.8) is 0 Å². The number of anilines is 2. The van der Waals surface area contributed by atoms with Gasteiger partial charge in [0.25, 0.3) is 5.91 Å². The van der Waals surface area contributed by atoms with Crippen molar-refractivity contribution in [2.45, 2.75) is 13.0 Å². The SMILES string of the molecule is CC1=C(C(=O)Nc2cccnc2)C(c2ccc(C#N)cc2)n2nc(-c3ccc(Cl)c(Cl)c3)nc2N1. The number of aromatic nitrogens is 4. The van der Waals surface area contributed by atoms with Crippen LogP contribution >= 0.6 is 23.2 Å². The maximum Gasteiger partial charge on any atom is 0.255 e. The van der Waals surface area contributed by atoms with Gasteiger partial charge in [0.05, 0.1) is 39.1 Å². The highest BCUT2D eigenvalue weighted by molar-refractivity contribution is 6.42. The van der Waals surface area contributed by atoms with Crippen LogP contribution in [0.25, 0.3) is 11.4 Å². The van der Waals surface area contributed by atoms with E-state index in [-0.39, 0.29) is 5.91 Å². The second-order valence-corrected chi connectivity index (χ2v) is 8.64. The normalized spacial score (nSPS) is 14.6. The van der Waals surface area contributed by atoms with Gasteiger partial charge in [-0.05, 0) is 55.0 Å². The molecule has 1 aliphatic heterocycles. The van der Waals surface area contributed by atoms with Crippen LogP contribution in [-0.4, -0.2) is 25.7 Å². The first kappa shape index (κ1) is 22.6. The molecule has 4 aromatic rings. The Kier molecular flexibility index (Phi) is 5.95. The van der Waals surface area contributed by atoms with Gasteiger partial charge in [0.15, 0.2) is 5.82 Å². The molecule has 0 aliphatic carbocycles. The predicted octanol–water partition coefficient (Wildman–Crippen LogP) is 5.45. The van der Waals surface area contributed by atoms with Crippen LogP contribution in [0.4, 0.5) is 11.6 Å². The van der Waals surface area contributed by atoms with Crippen molar-refractivity contribution < 1.29 is 4.79 Å². The first-order valence-electron chi connectivity index (χ1n) is 10.6. The number of hydrogen-bond donors (Lipinski definition) is 2. The fraction of sp³-hybridized carbons (Fsp3) is 0.0800. The Morgan fingerprint density at radius 2 is 1.94 bits per heavy atom. The third kappa shape index (κ3) is 4.35. The minimum Gasteiger partial charge on any atom is -0.328 e. The molecule has 1 amide bonds. The highest BCUT2D eigenvalue weighted by Gasteiger charge is 2.34. The molecule has 2 aromatic carbocycles. The third-order valence-electron chi connectivity index (χ3n) is 5.55. The van der Waals surface area contributed by atoms with Gasteiger partial charge in [0.2, 0.25) is 5.95 Å². The Labute approximate surface area is 210 Å². The molecule has 1 atom stereocenters. The maximum absolute atomic E-state index is 13.5. The number of halogens is 2. The van der Waals surface area contributed by atoms with Gasteiger partial charge in [0, 0.05) is 17.5 Å². The highest BCUT2D eigenvalue weighted by Crippen LogP contribution is 2.37. The molecule has 0 fully saturated rings. The molecule has 0 radical (unpaired) electrons. The molecule has 0 saturated carbocycles. The first-order chi connectivity index (χ1) is 16.9. The Morgan fingerprint density at radius 3 is 2.63 bits per heavy atom. The fourth-order valence-electron chi connectivity index (χ4n) is 3.89. The van der Waals surface area contributed by atoms with Crippen LogP contribution in [0.15, 0.2) is 78.3 Å². The number of nitrogens with zero attached hydrogens (tertiary/aromatic N) is 5. The standard InChI is InChI=1S/C25H17Cl2N7O/c1-14-21(24(35)31-18-3-2-10-29-13-18)22(16-6-4-15(12-28)5-7-16)34-25(30-14)32-23(33-34)17-8-9-19(26)20(27)11-17/h2-11,13,22H,1H3,(H,31,35)(H,30,32,33). The number of carbonyl (C=O) groups excluding carboxylic acids is 1. The van der Waals surface area contributed by atoms with Crippen molar-refractivity contribution in [3.8, 4) is 17.5 Å². The Morgan fingerprint density at radius 1 is 1.14 bits per heavy atom. The molecule has 1 aliphatic rings. The summed E-state index contributed by atoms with van der Waals surface area (Å²) < 4.78 is 1.66. The second kappa shape index (κ2) is 9.22. The van der Waals surface area contributed by atoms with E-state index in [2.05, 4.69) is 26.7 Å². The van der Waals surface area contributed by atoms with Crippen molar-refractivity contribution in [2.75, 3.05) is 10.6 Å². The average Bonchev–Trinajstić information content (AvgIpc) is 3.29. The van der Waals surface area contributed by atoms with Gasteiger partial charge in [-0.3, -0.25) is 9.78 Å². The molecule has 172 valence electrons. The number of hydrogen-bond acceptors (Lipinski definition) is 6. The van der Waals surface area contributed by atoms with E-state index < -0.39 is 6.04 Å². The smallest absolute Gasteiger partial charge is 0.255 e. The summed E-state index contributed by atoms with van der Waals surface area (Å²) in [5, 5.41) is 20.9. The summed E-state index contributed by atoms with van der Waals surface area (Å²) in [6, 6.07) is 17.2. The number of allylic oxidation sites excluding steroid dienone is 1. The van der Waals surface area contributed by atoms with Crippen molar-refractivity contribution in [1.82, 2.24) is 19.7 Å². The van der Waals surface area contributed by atoms with Gasteiger partial charge < -0.3 is 10.6 Å². The molecule has 35 heavy (non-hydrogen) atoms. The number of nitriles is 1. The average molecular weight is 502 g/mol. The van der Waals surface area contributed by atoms with E-state index in [1.54, 1.807) is 59.5 Å². The quantitative estimate of drug-likeness (QED) is 0.385. The van der Waals surface area contributed by atoms with Gasteiger partial charge in [-0.25, -0.2) is 4.68 Å². The zero-order chi connectivity index (χ0) is 24.5. The monoisotopic (exact) mass is 501 g/mol. The number of rotatable bonds is 4. The number of fused-ring (bicyclic) bond motifs is 1. The largest absolute Gasteiger partial charge is 0.328 e. The molecule has 10 heteroatoms. The molecule has 0 bridgehead atoms. The lowest BCUT2D eigenvalue weighted by atomic mass is 9.94. The first-order valence-corrected chi connectivity index (χ1v) is 11.3. The molecule has 2 N–H and O–H groups in total. The Balaban J connectivity index is 1.61. The van der Waals surface area contributed by atoms with E-state index in [9.17, 15) is 10.1 Å². The topological polar surface area (TPSA) is 109 Å². The summed E-state index contributed by atoms with van der Waals surface area (Å²) in [5.74, 6) is 0.580. The molecule has 1 unspecified atom stereocenters. The van der Waals surface area contributed by atoms with Crippen LogP contribution in [0.3, 0.4) is 0 Å². The van der Waals surface area contributed by atoms with Crippen LogP contribution in [0.5, 0.6) is 0 Å². The molecule has 2 aromatic heterocycles. The van der Waals surface area contributed by atoms with E-state index in [1.165, 1.54) is 0 Å². The van der Waals surface area contributed by atoms with Gasteiger partial charge in [-0.2, -0.15) is 10.2 Å². The third-order valence-corrected chi connectivity index (χ3v) is 6.29. The van der Waals surface area contributed by atoms with Gasteiger partial charge in [-0.1, -0.05) is 35.3 Å². The van der Waals surface area contributed by atoms with Gasteiger partial charge >= 0.3 is 0 Å². The van der Waals surface area contributed by atoms with E-state index in [0.717, 1.165) is 5.56 Å². The minimum absolute atomic E-state index is 0.311. The van der Waals surface area contributed by atoms with Crippen molar-refractivity contribution >= 4 is 40.7 Å². The number of benzene rings is 2. The highest BCUT2D eigenvalue weighted by atomic mass is 35.5. The van der Waals surface area contributed by atoms with Gasteiger partial charge in [-0.15, -0.1) is 5.10 Å². The Hall–Kier alpha value is -4.19. The van der Waals surface area contributed by atoms with Crippen LogP contribution in [0.2, 0.25) is 10.0 Å². The molecule has 0 saturated heterocycles. The van der Waals surface area contributed by atoms with Crippen molar-refractivity contribution in [2.24, 2.45) is 0 Å². The lowest BCUT2D eigenvalue weighted by Gasteiger charge is -2.28. The predicted molar refractivity (Wildman–Crippen MR) is 134 cm³/mol. The summed E-state index contributed by atoms with van der Waals surface area (Å²) in [5.41, 5.74) is 3.61. The molecular formula is C25H17Cl2N7O. The number of amides is 1. The number of carbonyl (C=O) groups is 1. The van der Waals surface area contributed by atoms with E-state index in [4.69, 9.17) is 28.3 Å². The second-order valence-electron chi connectivity index (χ2n) is 7.83. The molecule has 0 spiro atoms. The van der Waals surface area contributed by atoms with Gasteiger partial charge in [0.1, 0.15) is 6.04 Å². The minimum atomic E-state index is -0.598. The van der Waals surface area contributed by atoms with Crippen LogP contribution in [0.1, 0.15) is 24.1 Å².